The molecule has 0 saturated heterocycles. The molecule has 2 aromatic carbocycles. The summed E-state index contributed by atoms with van der Waals surface area (Å²) >= 11 is 1.63. The number of anilines is 2. The largest absolute Gasteiger partial charge is 0.487 e. The van der Waals surface area contributed by atoms with Crippen molar-refractivity contribution in [1.29, 1.82) is 0 Å². The van der Waals surface area contributed by atoms with Crippen molar-refractivity contribution in [2.75, 3.05) is 28.0 Å². The molecule has 0 aromatic heterocycles. The number of para-hydroxylation sites is 2. The number of hydrogen-bond acceptors (Lipinski definition) is 5. The van der Waals surface area contributed by atoms with E-state index in [-0.39, 0.29) is 23.5 Å². The zero-order chi connectivity index (χ0) is 19.2. The second kappa shape index (κ2) is 6.76. The third kappa shape index (κ3) is 3.17. The van der Waals surface area contributed by atoms with Crippen molar-refractivity contribution in [3.8, 4) is 5.75 Å². The Morgan fingerprint density at radius 3 is 2.74 bits per heavy atom. The second-order valence-electron chi connectivity index (χ2n) is 6.58. The third-order valence-corrected chi connectivity index (χ3v) is 7.47. The number of rotatable bonds is 2. The van der Waals surface area contributed by atoms with Crippen molar-refractivity contribution in [3.63, 3.8) is 0 Å². The van der Waals surface area contributed by atoms with E-state index in [0.29, 0.717) is 23.7 Å². The summed E-state index contributed by atoms with van der Waals surface area (Å²) in [6.07, 6.45) is -0.253. The Bertz CT molecular complexity index is 1010. The quantitative estimate of drug-likeness (QED) is 0.769. The van der Waals surface area contributed by atoms with Gasteiger partial charge in [0.05, 0.1) is 22.8 Å². The van der Waals surface area contributed by atoms with Crippen LogP contribution in [0.2, 0.25) is 0 Å². The minimum Gasteiger partial charge on any atom is -0.487 e. The van der Waals surface area contributed by atoms with Gasteiger partial charge in [0, 0.05) is 24.1 Å². The standard InChI is InChI=1S/C19H20N2O4S2/c1-13-12-21(16-5-3-4-6-18(16)25-13)27(23,24)15-7-8-19-17(11-15)20(14(2)22)9-10-26-19/h3-8,11,13H,9-10,12H2,1-2H3. The zero-order valence-electron chi connectivity index (χ0n) is 15.1. The Balaban J connectivity index is 1.80. The molecule has 4 rings (SSSR count). The van der Waals surface area contributed by atoms with Crippen LogP contribution >= 0.6 is 11.8 Å². The number of carbonyl (C=O) groups excluding carboxylic acids is 1. The van der Waals surface area contributed by atoms with Gasteiger partial charge in [-0.2, -0.15) is 0 Å². The van der Waals surface area contributed by atoms with Gasteiger partial charge in [0.15, 0.2) is 0 Å². The van der Waals surface area contributed by atoms with Crippen molar-refractivity contribution in [2.24, 2.45) is 0 Å². The van der Waals surface area contributed by atoms with Gasteiger partial charge in [-0.15, -0.1) is 11.8 Å². The average molecular weight is 405 g/mol. The lowest BCUT2D eigenvalue weighted by molar-refractivity contribution is -0.116. The minimum atomic E-state index is -3.78. The normalized spacial score (nSPS) is 19.1. The number of hydrogen-bond donors (Lipinski definition) is 0. The van der Waals surface area contributed by atoms with E-state index in [1.165, 1.54) is 11.2 Å². The predicted octanol–water partition coefficient (Wildman–Crippen LogP) is 3.12. The molecule has 0 N–H and O–H groups in total. The van der Waals surface area contributed by atoms with Crippen LogP contribution in [0.1, 0.15) is 13.8 Å². The molecule has 0 spiro atoms. The van der Waals surface area contributed by atoms with Crippen molar-refractivity contribution in [1.82, 2.24) is 0 Å². The van der Waals surface area contributed by atoms with E-state index in [1.807, 2.05) is 13.0 Å². The summed E-state index contributed by atoms with van der Waals surface area (Å²) in [4.78, 5) is 14.7. The number of benzene rings is 2. The Morgan fingerprint density at radius 1 is 1.19 bits per heavy atom. The van der Waals surface area contributed by atoms with Crippen LogP contribution in [-0.4, -0.2) is 39.3 Å². The molecule has 27 heavy (non-hydrogen) atoms. The molecular formula is C19H20N2O4S2. The monoisotopic (exact) mass is 404 g/mol. The zero-order valence-corrected chi connectivity index (χ0v) is 16.7. The third-order valence-electron chi connectivity index (χ3n) is 4.65. The van der Waals surface area contributed by atoms with Gasteiger partial charge < -0.3 is 9.64 Å². The van der Waals surface area contributed by atoms with Crippen LogP contribution in [0.5, 0.6) is 5.75 Å². The Morgan fingerprint density at radius 2 is 1.96 bits per heavy atom. The number of nitrogens with zero attached hydrogens (tertiary/aromatic N) is 2. The lowest BCUT2D eigenvalue weighted by Gasteiger charge is -2.34. The summed E-state index contributed by atoms with van der Waals surface area (Å²) in [5.41, 5.74) is 1.19. The van der Waals surface area contributed by atoms with E-state index < -0.39 is 10.0 Å². The number of carbonyl (C=O) groups is 1. The number of thioether (sulfide) groups is 1. The molecule has 6 nitrogen and oxygen atoms in total. The molecule has 2 aromatic rings. The first-order valence-corrected chi connectivity index (χ1v) is 11.1. The number of amides is 1. The van der Waals surface area contributed by atoms with Crippen LogP contribution in [0.25, 0.3) is 0 Å². The van der Waals surface area contributed by atoms with Crippen LogP contribution in [0, 0.1) is 0 Å². The molecular weight excluding hydrogens is 384 g/mol. The summed E-state index contributed by atoms with van der Waals surface area (Å²) in [6, 6.07) is 12.2. The SMILES string of the molecule is CC(=O)N1CCSc2ccc(S(=O)(=O)N3CC(C)Oc4ccccc43)cc21. The number of ether oxygens (including phenoxy) is 1. The van der Waals surface area contributed by atoms with Crippen LogP contribution in [0.3, 0.4) is 0 Å². The topological polar surface area (TPSA) is 66.9 Å². The van der Waals surface area contributed by atoms with Gasteiger partial charge in [0.1, 0.15) is 11.9 Å². The highest BCUT2D eigenvalue weighted by Gasteiger charge is 2.34. The molecule has 0 aliphatic carbocycles. The van der Waals surface area contributed by atoms with Crippen molar-refractivity contribution in [3.05, 3.63) is 42.5 Å². The molecule has 2 heterocycles. The van der Waals surface area contributed by atoms with Crippen molar-refractivity contribution >= 4 is 39.1 Å². The molecule has 2 aliphatic rings. The number of fused-ring (bicyclic) bond motifs is 2. The maximum Gasteiger partial charge on any atom is 0.264 e. The van der Waals surface area contributed by atoms with Crippen molar-refractivity contribution in [2.45, 2.75) is 29.7 Å². The number of sulfonamides is 1. The van der Waals surface area contributed by atoms with Crippen LogP contribution in [0.4, 0.5) is 11.4 Å². The van der Waals surface area contributed by atoms with E-state index in [0.717, 1.165) is 10.6 Å². The van der Waals surface area contributed by atoms with E-state index in [4.69, 9.17) is 4.74 Å². The minimum absolute atomic E-state index is 0.0866. The fourth-order valence-electron chi connectivity index (χ4n) is 3.39. The molecule has 8 heteroatoms. The first-order valence-electron chi connectivity index (χ1n) is 8.71. The van der Waals surface area contributed by atoms with Gasteiger partial charge in [-0.25, -0.2) is 8.42 Å². The van der Waals surface area contributed by atoms with Gasteiger partial charge in [-0.1, -0.05) is 12.1 Å². The average Bonchev–Trinajstić information content (AvgIpc) is 2.66. The van der Waals surface area contributed by atoms with E-state index in [1.54, 1.807) is 53.1 Å². The molecule has 0 radical (unpaired) electrons. The summed E-state index contributed by atoms with van der Waals surface area (Å²) in [5.74, 6) is 1.27. The van der Waals surface area contributed by atoms with Gasteiger partial charge in [-0.05, 0) is 37.3 Å². The van der Waals surface area contributed by atoms with E-state index in [9.17, 15) is 13.2 Å². The van der Waals surface area contributed by atoms with E-state index >= 15 is 0 Å². The van der Waals surface area contributed by atoms with Gasteiger partial charge in [0.2, 0.25) is 5.91 Å². The van der Waals surface area contributed by atoms with E-state index in [2.05, 4.69) is 0 Å². The molecule has 1 amide bonds. The molecule has 1 unspecified atom stereocenters. The molecule has 0 bridgehead atoms. The fourth-order valence-corrected chi connectivity index (χ4v) is 5.93. The summed E-state index contributed by atoms with van der Waals surface area (Å²) in [7, 11) is -3.78. The predicted molar refractivity (Wildman–Crippen MR) is 106 cm³/mol. The van der Waals surface area contributed by atoms with Crippen LogP contribution in [0.15, 0.2) is 52.3 Å². The van der Waals surface area contributed by atoms with Crippen LogP contribution in [-0.2, 0) is 14.8 Å². The first-order chi connectivity index (χ1) is 12.9. The maximum atomic E-state index is 13.4. The van der Waals surface area contributed by atoms with Crippen molar-refractivity contribution < 1.29 is 17.9 Å². The smallest absolute Gasteiger partial charge is 0.264 e. The van der Waals surface area contributed by atoms with Crippen LogP contribution < -0.4 is 13.9 Å². The maximum absolute atomic E-state index is 13.4. The second-order valence-corrected chi connectivity index (χ2v) is 9.58. The van der Waals surface area contributed by atoms with Gasteiger partial charge in [0.25, 0.3) is 10.0 Å². The molecule has 1 atom stereocenters. The molecule has 0 saturated carbocycles. The first kappa shape index (κ1) is 18.2. The molecule has 142 valence electrons. The highest BCUT2D eigenvalue weighted by molar-refractivity contribution is 7.99. The summed E-state index contributed by atoms with van der Waals surface area (Å²) in [6.45, 7) is 4.16. The summed E-state index contributed by atoms with van der Waals surface area (Å²) < 4.78 is 34.0. The Hall–Kier alpha value is -2.19. The Kier molecular flexibility index (Phi) is 4.55. The Labute approximate surface area is 163 Å². The van der Waals surface area contributed by atoms with Gasteiger partial charge >= 0.3 is 0 Å². The summed E-state index contributed by atoms with van der Waals surface area (Å²) in [5, 5.41) is 0. The fraction of sp³-hybridized carbons (Fsp3) is 0.316. The highest BCUT2D eigenvalue weighted by Crippen LogP contribution is 2.40. The van der Waals surface area contributed by atoms with Gasteiger partial charge in [-0.3, -0.25) is 9.10 Å². The lowest BCUT2D eigenvalue weighted by Crippen LogP contribution is -2.42. The molecule has 2 aliphatic heterocycles. The highest BCUT2D eigenvalue weighted by atomic mass is 32.2. The lowest BCUT2D eigenvalue weighted by atomic mass is 10.2. The molecule has 0 fully saturated rings.